The highest BCUT2D eigenvalue weighted by Gasteiger charge is 1.98. The van der Waals surface area contributed by atoms with Gasteiger partial charge >= 0.3 is 6.01 Å². The summed E-state index contributed by atoms with van der Waals surface area (Å²) in [6, 6.07) is 10.2. The molecule has 0 aliphatic heterocycles. The molecule has 0 unspecified atom stereocenters. The van der Waals surface area contributed by atoms with Crippen molar-refractivity contribution in [3.8, 4) is 11.8 Å². The fourth-order valence-electron chi connectivity index (χ4n) is 1.46. The third-order valence-corrected chi connectivity index (χ3v) is 2.21. The first-order valence-electron chi connectivity index (χ1n) is 5.42. The second-order valence-electron chi connectivity index (χ2n) is 3.53. The van der Waals surface area contributed by atoms with E-state index in [2.05, 4.69) is 29.0 Å². The SMILES string of the molecule is CCCc1ccc(Oc2ncccn2)cc1. The Labute approximate surface area is 95.1 Å². The third kappa shape index (κ3) is 2.79. The highest BCUT2D eigenvalue weighted by molar-refractivity contribution is 5.29. The number of nitrogens with zero attached hydrogens (tertiary/aromatic N) is 2. The Morgan fingerprint density at radius 1 is 1.06 bits per heavy atom. The van der Waals surface area contributed by atoms with Crippen molar-refractivity contribution in [1.29, 1.82) is 0 Å². The minimum absolute atomic E-state index is 0.380. The quantitative estimate of drug-likeness (QED) is 0.783. The summed E-state index contributed by atoms with van der Waals surface area (Å²) in [5.41, 5.74) is 1.32. The van der Waals surface area contributed by atoms with Crippen LogP contribution in [0.1, 0.15) is 18.9 Å². The molecule has 1 aromatic carbocycles. The molecule has 16 heavy (non-hydrogen) atoms. The van der Waals surface area contributed by atoms with Gasteiger partial charge in [0, 0.05) is 12.4 Å². The van der Waals surface area contributed by atoms with E-state index in [1.807, 2.05) is 12.1 Å². The maximum Gasteiger partial charge on any atom is 0.321 e. The number of hydrogen-bond donors (Lipinski definition) is 0. The van der Waals surface area contributed by atoms with Gasteiger partial charge in [0.15, 0.2) is 0 Å². The van der Waals surface area contributed by atoms with Crippen molar-refractivity contribution in [2.45, 2.75) is 19.8 Å². The van der Waals surface area contributed by atoms with E-state index in [9.17, 15) is 0 Å². The van der Waals surface area contributed by atoms with Crippen LogP contribution in [0.4, 0.5) is 0 Å². The monoisotopic (exact) mass is 214 g/mol. The topological polar surface area (TPSA) is 35.0 Å². The number of ether oxygens (including phenoxy) is 1. The van der Waals surface area contributed by atoms with E-state index in [4.69, 9.17) is 4.74 Å². The summed E-state index contributed by atoms with van der Waals surface area (Å²) < 4.78 is 5.49. The molecule has 3 nitrogen and oxygen atoms in total. The molecule has 1 heterocycles. The minimum Gasteiger partial charge on any atom is -0.424 e. The van der Waals surface area contributed by atoms with Gasteiger partial charge in [-0.15, -0.1) is 0 Å². The van der Waals surface area contributed by atoms with E-state index in [0.29, 0.717) is 6.01 Å². The zero-order valence-corrected chi connectivity index (χ0v) is 9.26. The van der Waals surface area contributed by atoms with Crippen LogP contribution < -0.4 is 4.74 Å². The average Bonchev–Trinajstić information content (AvgIpc) is 2.33. The average molecular weight is 214 g/mol. The smallest absolute Gasteiger partial charge is 0.321 e. The molecule has 0 aliphatic rings. The molecule has 0 amide bonds. The zero-order chi connectivity index (χ0) is 11.2. The molecule has 0 bridgehead atoms. The molecular weight excluding hydrogens is 200 g/mol. The van der Waals surface area contributed by atoms with Crippen molar-refractivity contribution in [3.63, 3.8) is 0 Å². The van der Waals surface area contributed by atoms with Crippen LogP contribution in [-0.2, 0) is 6.42 Å². The normalized spacial score (nSPS) is 10.1. The Morgan fingerprint density at radius 3 is 2.38 bits per heavy atom. The standard InChI is InChI=1S/C13H14N2O/c1-2-4-11-5-7-12(8-6-11)16-13-14-9-3-10-15-13/h3,5-10H,2,4H2,1H3. The lowest BCUT2D eigenvalue weighted by molar-refractivity contribution is 0.441. The Kier molecular flexibility index (Phi) is 3.49. The summed E-state index contributed by atoms with van der Waals surface area (Å²) in [6.07, 6.45) is 5.58. The minimum atomic E-state index is 0.380. The van der Waals surface area contributed by atoms with Crippen molar-refractivity contribution in [2.24, 2.45) is 0 Å². The van der Waals surface area contributed by atoms with Gasteiger partial charge in [0.2, 0.25) is 0 Å². The van der Waals surface area contributed by atoms with Crippen LogP contribution in [0.25, 0.3) is 0 Å². The van der Waals surface area contributed by atoms with Gasteiger partial charge in [0.05, 0.1) is 0 Å². The van der Waals surface area contributed by atoms with Crippen LogP contribution in [-0.4, -0.2) is 9.97 Å². The van der Waals surface area contributed by atoms with Gasteiger partial charge in [-0.1, -0.05) is 25.5 Å². The van der Waals surface area contributed by atoms with E-state index >= 15 is 0 Å². The maximum absolute atomic E-state index is 5.49. The number of aryl methyl sites for hydroxylation is 1. The second kappa shape index (κ2) is 5.26. The first kappa shape index (κ1) is 10.6. The van der Waals surface area contributed by atoms with Crippen molar-refractivity contribution in [2.75, 3.05) is 0 Å². The Hall–Kier alpha value is -1.90. The van der Waals surface area contributed by atoms with Crippen molar-refractivity contribution >= 4 is 0 Å². The second-order valence-corrected chi connectivity index (χ2v) is 3.53. The van der Waals surface area contributed by atoms with E-state index < -0.39 is 0 Å². The molecule has 2 aromatic rings. The molecule has 2 rings (SSSR count). The van der Waals surface area contributed by atoms with Crippen LogP contribution in [0, 0.1) is 0 Å². The predicted molar refractivity (Wildman–Crippen MR) is 62.5 cm³/mol. The summed E-state index contributed by atoms with van der Waals surface area (Å²) in [4.78, 5) is 8.00. The molecule has 1 aromatic heterocycles. The zero-order valence-electron chi connectivity index (χ0n) is 9.26. The van der Waals surface area contributed by atoms with E-state index in [1.54, 1.807) is 18.5 Å². The molecule has 82 valence electrons. The summed E-state index contributed by atoms with van der Waals surface area (Å²) >= 11 is 0. The lowest BCUT2D eigenvalue weighted by Gasteiger charge is -2.04. The van der Waals surface area contributed by atoms with Crippen molar-refractivity contribution in [3.05, 3.63) is 48.3 Å². The number of benzene rings is 1. The first-order valence-corrected chi connectivity index (χ1v) is 5.42. The molecule has 0 radical (unpaired) electrons. The summed E-state index contributed by atoms with van der Waals surface area (Å²) in [7, 11) is 0. The largest absolute Gasteiger partial charge is 0.424 e. The van der Waals surface area contributed by atoms with E-state index in [1.165, 1.54) is 5.56 Å². The molecular formula is C13H14N2O. The van der Waals surface area contributed by atoms with Crippen LogP contribution >= 0.6 is 0 Å². The van der Waals surface area contributed by atoms with Gasteiger partial charge in [0.1, 0.15) is 5.75 Å². The Balaban J connectivity index is 2.05. The molecule has 0 saturated heterocycles. The lowest BCUT2D eigenvalue weighted by atomic mass is 10.1. The molecule has 0 saturated carbocycles. The van der Waals surface area contributed by atoms with Crippen LogP contribution in [0.2, 0.25) is 0 Å². The van der Waals surface area contributed by atoms with Crippen LogP contribution in [0.5, 0.6) is 11.8 Å². The Bertz CT molecular complexity index is 425. The molecule has 0 aliphatic carbocycles. The van der Waals surface area contributed by atoms with Crippen molar-refractivity contribution in [1.82, 2.24) is 9.97 Å². The fourth-order valence-corrected chi connectivity index (χ4v) is 1.46. The molecule has 0 atom stereocenters. The summed E-state index contributed by atoms with van der Waals surface area (Å²) in [5, 5.41) is 0. The van der Waals surface area contributed by atoms with E-state index in [0.717, 1.165) is 18.6 Å². The predicted octanol–water partition coefficient (Wildman–Crippen LogP) is 3.22. The third-order valence-electron chi connectivity index (χ3n) is 2.21. The van der Waals surface area contributed by atoms with E-state index in [-0.39, 0.29) is 0 Å². The molecule has 0 spiro atoms. The van der Waals surface area contributed by atoms with Gasteiger partial charge < -0.3 is 4.74 Å². The number of hydrogen-bond acceptors (Lipinski definition) is 3. The van der Waals surface area contributed by atoms with Gasteiger partial charge in [0.25, 0.3) is 0 Å². The molecule has 0 fully saturated rings. The summed E-state index contributed by atoms with van der Waals surface area (Å²) in [5.74, 6) is 0.769. The molecule has 3 heteroatoms. The van der Waals surface area contributed by atoms with Gasteiger partial charge in [-0.25, -0.2) is 9.97 Å². The lowest BCUT2D eigenvalue weighted by Crippen LogP contribution is -1.90. The Morgan fingerprint density at radius 2 is 1.75 bits per heavy atom. The highest BCUT2D eigenvalue weighted by atomic mass is 16.5. The van der Waals surface area contributed by atoms with Gasteiger partial charge in [-0.05, 0) is 30.2 Å². The van der Waals surface area contributed by atoms with Gasteiger partial charge in [-0.2, -0.15) is 0 Å². The van der Waals surface area contributed by atoms with Crippen LogP contribution in [0.3, 0.4) is 0 Å². The van der Waals surface area contributed by atoms with Crippen molar-refractivity contribution < 1.29 is 4.74 Å². The first-order chi connectivity index (χ1) is 7.88. The van der Waals surface area contributed by atoms with Gasteiger partial charge in [-0.3, -0.25) is 0 Å². The fraction of sp³-hybridized carbons (Fsp3) is 0.231. The number of aromatic nitrogens is 2. The number of rotatable bonds is 4. The van der Waals surface area contributed by atoms with Crippen LogP contribution in [0.15, 0.2) is 42.7 Å². The highest BCUT2D eigenvalue weighted by Crippen LogP contribution is 2.17. The summed E-state index contributed by atoms with van der Waals surface area (Å²) in [6.45, 7) is 2.17. The maximum atomic E-state index is 5.49. The molecule has 0 N–H and O–H groups in total.